The van der Waals surface area contributed by atoms with Gasteiger partial charge in [-0.05, 0) is 85.6 Å². The normalized spacial score (nSPS) is 14.0. The average molecular weight is 875 g/mol. The molecule has 0 radical (unpaired) electrons. The molecule has 21 heteroatoms. The second kappa shape index (κ2) is 20.0. The first-order chi connectivity index (χ1) is 28.1. The van der Waals surface area contributed by atoms with Gasteiger partial charge in [0.25, 0.3) is 5.91 Å². The van der Waals surface area contributed by atoms with Crippen molar-refractivity contribution >= 4 is 58.0 Å². The number of methoxy groups -OCH3 is 1. The maximum Gasteiger partial charge on any atom is 0.410 e. The molecule has 6 rings (SSSR count). The van der Waals surface area contributed by atoms with Gasteiger partial charge in [0, 0.05) is 30.3 Å². The molecule has 2 N–H and O–H groups in total. The summed E-state index contributed by atoms with van der Waals surface area (Å²) in [7, 11) is -5.46. The largest absolute Gasteiger partial charge is 0.508 e. The maximum absolute atomic E-state index is 13.3. The van der Waals surface area contributed by atoms with E-state index in [0.717, 1.165) is 6.26 Å². The summed E-state index contributed by atoms with van der Waals surface area (Å²) in [6, 6.07) is 15.1. The molecule has 18 nitrogen and oxygen atoms in total. The van der Waals surface area contributed by atoms with Crippen LogP contribution in [0.4, 0.5) is 14.7 Å². The van der Waals surface area contributed by atoms with Crippen LogP contribution in [0, 0.1) is 0 Å². The van der Waals surface area contributed by atoms with Gasteiger partial charge in [-0.25, -0.2) is 27.8 Å². The highest BCUT2D eigenvalue weighted by Gasteiger charge is 2.27. The highest BCUT2D eigenvalue weighted by Crippen LogP contribution is 2.51. The summed E-state index contributed by atoms with van der Waals surface area (Å²) in [6.45, 7) is 5.93. The van der Waals surface area contributed by atoms with Gasteiger partial charge in [-0.15, -0.1) is 11.3 Å². The Hall–Kier alpha value is -5.53. The Bertz CT molecular complexity index is 2310. The monoisotopic (exact) mass is 874 g/mol. The third-order valence-corrected chi connectivity index (χ3v) is 12.3. The Labute approximate surface area is 344 Å². The van der Waals surface area contributed by atoms with E-state index in [0.29, 0.717) is 48.0 Å². The number of nitrogens with zero attached hydrogens (tertiary/aromatic N) is 3. The third-order valence-electron chi connectivity index (χ3n) is 8.33. The number of hydrogen-bond acceptors (Lipinski definition) is 16. The second-order valence-electron chi connectivity index (χ2n) is 12.9. The minimum absolute atomic E-state index is 0.0292. The van der Waals surface area contributed by atoms with E-state index in [1.54, 1.807) is 37.4 Å². The summed E-state index contributed by atoms with van der Waals surface area (Å²) < 4.78 is 67.4. The number of amides is 3. The van der Waals surface area contributed by atoms with E-state index < -0.39 is 41.5 Å². The fraction of sp³-hybridized carbons (Fsp3) is 0.342. The van der Waals surface area contributed by atoms with E-state index in [1.807, 2.05) is 0 Å². The van der Waals surface area contributed by atoms with E-state index in [9.17, 15) is 37.3 Å². The molecule has 0 spiro atoms. The summed E-state index contributed by atoms with van der Waals surface area (Å²) in [4.78, 5) is 55.4. The number of phenols is 1. The van der Waals surface area contributed by atoms with Crippen LogP contribution in [0.2, 0.25) is 0 Å². The fourth-order valence-corrected chi connectivity index (χ4v) is 8.80. The number of thiazole rings is 1. The lowest BCUT2D eigenvalue weighted by Crippen LogP contribution is -2.23. The number of phenolic OH excluding ortho intramolecular Hbond substituents is 1. The molecule has 3 aromatic carbocycles. The molecule has 0 atom stereocenters. The summed E-state index contributed by atoms with van der Waals surface area (Å²) in [5.74, 6) is -0.385. The number of benzene rings is 3. The number of anilines is 1. The van der Waals surface area contributed by atoms with Crippen molar-refractivity contribution in [3.05, 3.63) is 94.0 Å². The number of aromatic hydroxyl groups is 1. The summed E-state index contributed by atoms with van der Waals surface area (Å²) in [5, 5.41) is 14.2. The molecule has 316 valence electrons. The Morgan fingerprint density at radius 1 is 0.881 bits per heavy atom. The van der Waals surface area contributed by atoms with Crippen LogP contribution in [-0.2, 0) is 56.9 Å². The molecule has 2 aliphatic rings. The predicted molar refractivity (Wildman–Crippen MR) is 214 cm³/mol. The number of aromatic nitrogens is 1. The van der Waals surface area contributed by atoms with Crippen molar-refractivity contribution in [2.75, 3.05) is 58.2 Å². The zero-order valence-corrected chi connectivity index (χ0v) is 35.1. The van der Waals surface area contributed by atoms with Crippen LogP contribution in [0.1, 0.15) is 51.4 Å². The quantitative estimate of drug-likeness (QED) is 0.0702. The van der Waals surface area contributed by atoms with Crippen LogP contribution in [0.3, 0.4) is 0 Å². The van der Waals surface area contributed by atoms with Crippen LogP contribution >= 0.6 is 18.9 Å². The average Bonchev–Trinajstić information content (AvgIpc) is 3.92. The Kier molecular flexibility index (Phi) is 15.1. The topological polar surface area (TPSA) is 226 Å². The molecule has 0 saturated carbocycles. The summed E-state index contributed by atoms with van der Waals surface area (Å²) in [5.41, 5.74) is 2.21. The lowest BCUT2D eigenvalue weighted by atomic mass is 10.1. The Balaban J connectivity index is 0.000000305. The molecule has 59 heavy (non-hydrogen) atoms. The zero-order valence-electron chi connectivity index (χ0n) is 32.6. The van der Waals surface area contributed by atoms with Crippen molar-refractivity contribution in [2.24, 2.45) is 0 Å². The van der Waals surface area contributed by atoms with Crippen LogP contribution in [0.15, 0.2) is 70.9 Å². The minimum Gasteiger partial charge on any atom is -0.508 e. The second-order valence-corrected chi connectivity index (χ2v) is 17.8. The standard InChI is InChI=1S/C26H30N3O9PS2.C12H13NO5/c1-4-36-39(32,37-5-2)16-20-17-40-25(27-20)28-24(30)19-12-18(15-29-10-11-35-26(29)31)13-22(14-19)38-21-6-8-23(9-7-21)41(3,33)34;1-17-11(15)9-4-8(5-10(14)6-9)7-13-2-3-18-12(13)16/h6-9,12-14,17H,4-5,10-11,15-16H2,1-3H3,(H,27,28,30);4-6,14H,2-3,7H2,1H3. The molecule has 1 aromatic heterocycles. The first-order valence-corrected chi connectivity index (χ1v) is 22.6. The van der Waals surface area contributed by atoms with E-state index >= 15 is 0 Å². The van der Waals surface area contributed by atoms with Crippen LogP contribution in [0.25, 0.3) is 0 Å². The van der Waals surface area contributed by atoms with Crippen LogP contribution < -0.4 is 10.1 Å². The highest BCUT2D eigenvalue weighted by molar-refractivity contribution is 7.90. The van der Waals surface area contributed by atoms with Gasteiger partial charge in [0.2, 0.25) is 0 Å². The molecular weight excluding hydrogens is 832 g/mol. The molecule has 0 bridgehead atoms. The third kappa shape index (κ3) is 12.7. The fourth-order valence-electron chi connectivity index (χ4n) is 5.74. The van der Waals surface area contributed by atoms with Gasteiger partial charge in [-0.1, -0.05) is 0 Å². The summed E-state index contributed by atoms with van der Waals surface area (Å²) >= 11 is 1.17. The van der Waals surface area contributed by atoms with Gasteiger partial charge >= 0.3 is 25.8 Å². The number of ether oxygens (including phenoxy) is 4. The zero-order chi connectivity index (χ0) is 42.7. The van der Waals surface area contributed by atoms with Gasteiger partial charge in [-0.2, -0.15) is 0 Å². The number of hydrogen-bond donors (Lipinski definition) is 2. The molecule has 0 aliphatic carbocycles. The molecule has 2 saturated heterocycles. The van der Waals surface area contributed by atoms with Crippen molar-refractivity contribution in [3.63, 3.8) is 0 Å². The van der Waals surface area contributed by atoms with Gasteiger partial charge in [0.05, 0.1) is 55.7 Å². The number of rotatable bonds is 16. The Morgan fingerprint density at radius 2 is 1.47 bits per heavy atom. The van der Waals surface area contributed by atoms with Gasteiger partial charge in [-0.3, -0.25) is 14.7 Å². The maximum atomic E-state index is 13.3. The first-order valence-electron chi connectivity index (χ1n) is 18.1. The van der Waals surface area contributed by atoms with E-state index in [2.05, 4.69) is 15.0 Å². The van der Waals surface area contributed by atoms with Crippen molar-refractivity contribution < 1.29 is 65.3 Å². The minimum atomic E-state index is -3.37. The van der Waals surface area contributed by atoms with Crippen molar-refractivity contribution in [1.82, 2.24) is 14.8 Å². The SMILES string of the molecule is CCOP(=O)(Cc1csc(NC(=O)c2cc(CN3CCOC3=O)cc(Oc3ccc(S(C)(=O)=O)cc3)c2)n1)OCC.COC(=O)c1cc(O)cc(CN2CCOC2=O)c1. The smallest absolute Gasteiger partial charge is 0.410 e. The van der Waals surface area contributed by atoms with E-state index in [1.165, 1.54) is 70.7 Å². The number of esters is 1. The number of carbonyl (C=O) groups excluding carboxylic acids is 4. The van der Waals surface area contributed by atoms with Crippen molar-refractivity contribution in [3.8, 4) is 17.2 Å². The molecule has 3 heterocycles. The lowest BCUT2D eigenvalue weighted by molar-refractivity contribution is 0.0599. The number of cyclic esters (lactones) is 2. The molecule has 0 unspecified atom stereocenters. The molecule has 2 aliphatic heterocycles. The number of sulfone groups is 1. The van der Waals surface area contributed by atoms with Crippen LogP contribution in [0.5, 0.6) is 17.2 Å². The molecule has 3 amide bonds. The molecular formula is C38H43N4O14PS2. The highest BCUT2D eigenvalue weighted by atomic mass is 32.2. The summed E-state index contributed by atoms with van der Waals surface area (Å²) in [6.07, 6.45) is 0.240. The van der Waals surface area contributed by atoms with Gasteiger partial charge < -0.3 is 42.9 Å². The Morgan fingerprint density at radius 3 is 2.02 bits per heavy atom. The molecule has 2 fully saturated rings. The first kappa shape index (κ1) is 44.6. The van der Waals surface area contributed by atoms with Crippen molar-refractivity contribution in [1.29, 1.82) is 0 Å². The van der Waals surface area contributed by atoms with E-state index in [-0.39, 0.29) is 66.0 Å². The van der Waals surface area contributed by atoms with Gasteiger partial charge in [0.15, 0.2) is 15.0 Å². The van der Waals surface area contributed by atoms with Crippen LogP contribution in [-0.4, -0.2) is 105 Å². The van der Waals surface area contributed by atoms with E-state index in [4.69, 9.17) is 23.3 Å². The molecule has 4 aromatic rings. The van der Waals surface area contributed by atoms with Crippen molar-refractivity contribution in [2.45, 2.75) is 38.0 Å². The number of carbonyl (C=O) groups is 4. The lowest BCUT2D eigenvalue weighted by Gasteiger charge is -2.16. The number of nitrogens with one attached hydrogen (secondary N) is 1. The van der Waals surface area contributed by atoms with Gasteiger partial charge in [0.1, 0.15) is 30.5 Å². The predicted octanol–water partition coefficient (Wildman–Crippen LogP) is 6.44.